The zero-order valence-electron chi connectivity index (χ0n) is 15.8. The van der Waals surface area contributed by atoms with Gasteiger partial charge in [-0.05, 0) is 26.8 Å². The lowest BCUT2D eigenvalue weighted by Crippen LogP contribution is -2.17. The van der Waals surface area contributed by atoms with E-state index in [4.69, 9.17) is 22.1 Å². The Hall–Kier alpha value is -2.79. The number of anilines is 1. The van der Waals surface area contributed by atoms with Gasteiger partial charge in [-0.25, -0.2) is 9.07 Å². The third kappa shape index (κ3) is 3.27. The Morgan fingerprint density at radius 1 is 1.61 bits per heavy atom. The molecule has 1 fully saturated rings. The Kier molecular flexibility index (Phi) is 5.47. The van der Waals surface area contributed by atoms with Crippen molar-refractivity contribution in [2.75, 3.05) is 18.9 Å². The lowest BCUT2D eigenvalue weighted by atomic mass is 9.92. The lowest BCUT2D eigenvalue weighted by molar-refractivity contribution is -0.119. The summed E-state index contributed by atoms with van der Waals surface area (Å²) in [5, 5.41) is 16.3. The highest BCUT2D eigenvalue weighted by Crippen LogP contribution is 2.42. The number of carbonyl (C=O) groups is 1. The zero-order chi connectivity index (χ0) is 20.6. The molecule has 1 aromatic heterocycles. The van der Waals surface area contributed by atoms with Crippen molar-refractivity contribution in [2.24, 2.45) is 0 Å². The number of amides is 1. The molecule has 0 bridgehead atoms. The highest BCUT2D eigenvalue weighted by atomic mass is 35.5. The van der Waals surface area contributed by atoms with Crippen molar-refractivity contribution in [1.29, 1.82) is 5.26 Å². The molecular formula is C19H21ClFN5O2. The molecule has 0 spiro atoms. The summed E-state index contributed by atoms with van der Waals surface area (Å²) in [5.74, 6) is -0.568. The molecule has 7 nitrogen and oxygen atoms in total. The fourth-order valence-electron chi connectivity index (χ4n) is 3.57. The molecule has 9 heteroatoms. The van der Waals surface area contributed by atoms with Crippen molar-refractivity contribution in [3.05, 3.63) is 39.3 Å². The van der Waals surface area contributed by atoms with E-state index in [0.717, 1.165) is 0 Å². The van der Waals surface area contributed by atoms with E-state index < -0.39 is 11.9 Å². The minimum Gasteiger partial charge on any atom is -0.493 e. The van der Waals surface area contributed by atoms with E-state index in [0.29, 0.717) is 35.7 Å². The van der Waals surface area contributed by atoms with Crippen molar-refractivity contribution in [2.45, 2.75) is 39.2 Å². The number of aromatic nitrogens is 2. The monoisotopic (exact) mass is 405 g/mol. The van der Waals surface area contributed by atoms with E-state index >= 15 is 0 Å². The summed E-state index contributed by atoms with van der Waals surface area (Å²) < 4.78 is 22.3. The van der Waals surface area contributed by atoms with Crippen LogP contribution in [0, 0.1) is 24.1 Å². The highest BCUT2D eigenvalue weighted by Gasteiger charge is 2.33. The Bertz CT molecular complexity index is 982. The molecule has 1 aliphatic heterocycles. The zero-order valence-corrected chi connectivity index (χ0v) is 16.6. The van der Waals surface area contributed by atoms with Crippen LogP contribution in [0.3, 0.4) is 0 Å². The standard InChI is InChI=1S/C19H21ClFN5O2/c1-4-28-18-12(10(3)26-19(23)13(7-22)9(2)25-26)6-14(20)17(21)16(18)11-5-15(27)24-8-11/h6,10-11H,4-5,8,23H2,1-3H3,(H,24,27)/t10-,11?/m0/s1. The minimum atomic E-state index is -0.593. The Labute approximate surface area is 167 Å². The molecule has 2 atom stereocenters. The van der Waals surface area contributed by atoms with Crippen LogP contribution < -0.4 is 15.8 Å². The van der Waals surface area contributed by atoms with Crippen molar-refractivity contribution in [3.63, 3.8) is 0 Å². The van der Waals surface area contributed by atoms with Crippen molar-refractivity contribution >= 4 is 23.3 Å². The summed E-state index contributed by atoms with van der Waals surface area (Å²) in [4.78, 5) is 11.7. The van der Waals surface area contributed by atoms with Gasteiger partial charge in [0.25, 0.3) is 0 Å². The molecule has 1 aromatic carbocycles. The van der Waals surface area contributed by atoms with Gasteiger partial charge < -0.3 is 15.8 Å². The molecule has 3 N–H and O–H groups in total. The second-order valence-corrected chi connectivity index (χ2v) is 7.13. The van der Waals surface area contributed by atoms with Crippen LogP contribution in [-0.4, -0.2) is 28.8 Å². The van der Waals surface area contributed by atoms with E-state index in [2.05, 4.69) is 10.4 Å². The van der Waals surface area contributed by atoms with Crippen LogP contribution in [0.25, 0.3) is 0 Å². The summed E-state index contributed by atoms with van der Waals surface area (Å²) in [7, 11) is 0. The molecule has 28 heavy (non-hydrogen) atoms. The van der Waals surface area contributed by atoms with Gasteiger partial charge >= 0.3 is 0 Å². The number of nitrogens with one attached hydrogen (secondary N) is 1. The number of aryl methyl sites for hydroxylation is 1. The summed E-state index contributed by atoms with van der Waals surface area (Å²) in [6.45, 7) is 5.92. The number of halogens is 2. The molecule has 148 valence electrons. The van der Waals surface area contributed by atoms with Gasteiger partial charge in [0.05, 0.1) is 23.4 Å². The molecule has 0 aliphatic carbocycles. The van der Waals surface area contributed by atoms with Crippen LogP contribution in [0.4, 0.5) is 10.2 Å². The van der Waals surface area contributed by atoms with Crippen LogP contribution in [0.1, 0.15) is 54.6 Å². The number of benzene rings is 1. The van der Waals surface area contributed by atoms with Crippen LogP contribution in [0.15, 0.2) is 6.07 Å². The average molecular weight is 406 g/mol. The number of rotatable bonds is 5. The van der Waals surface area contributed by atoms with Crippen LogP contribution in [0.2, 0.25) is 5.02 Å². The molecule has 1 aliphatic rings. The predicted molar refractivity (Wildman–Crippen MR) is 103 cm³/mol. The number of nitrogens with zero attached hydrogens (tertiary/aromatic N) is 3. The molecule has 0 saturated carbocycles. The van der Waals surface area contributed by atoms with E-state index in [1.54, 1.807) is 13.8 Å². The second kappa shape index (κ2) is 7.68. The van der Waals surface area contributed by atoms with Crippen molar-refractivity contribution in [1.82, 2.24) is 15.1 Å². The number of nitriles is 1. The molecule has 0 radical (unpaired) electrons. The largest absolute Gasteiger partial charge is 0.493 e. The molecule has 1 amide bonds. The summed E-state index contributed by atoms with van der Waals surface area (Å²) in [5.41, 5.74) is 7.76. The summed E-state index contributed by atoms with van der Waals surface area (Å²) in [6.07, 6.45) is 0.159. The van der Waals surface area contributed by atoms with E-state index in [9.17, 15) is 14.4 Å². The smallest absolute Gasteiger partial charge is 0.220 e. The number of nitrogen functional groups attached to an aromatic ring is 1. The normalized spacial score (nSPS) is 17.3. The number of hydrogen-bond acceptors (Lipinski definition) is 5. The molecule has 2 heterocycles. The van der Waals surface area contributed by atoms with Crippen molar-refractivity contribution in [3.8, 4) is 11.8 Å². The second-order valence-electron chi connectivity index (χ2n) is 6.72. The lowest BCUT2D eigenvalue weighted by Gasteiger charge is -2.24. The molecule has 3 rings (SSSR count). The first-order valence-corrected chi connectivity index (χ1v) is 9.33. The Morgan fingerprint density at radius 3 is 2.86 bits per heavy atom. The Balaban J connectivity index is 2.19. The van der Waals surface area contributed by atoms with Gasteiger partial charge in [0.2, 0.25) is 5.91 Å². The fraction of sp³-hybridized carbons (Fsp3) is 0.421. The molecular weight excluding hydrogens is 385 g/mol. The first-order valence-electron chi connectivity index (χ1n) is 8.96. The minimum absolute atomic E-state index is 0.0670. The SMILES string of the molecule is CCOc1c([C@H](C)n2nc(C)c(C#N)c2N)cc(Cl)c(F)c1C1CNC(=O)C1. The Morgan fingerprint density at radius 2 is 2.32 bits per heavy atom. The van der Waals surface area contributed by atoms with Gasteiger partial charge in [0.1, 0.15) is 29.0 Å². The van der Waals surface area contributed by atoms with Gasteiger partial charge in [-0.2, -0.15) is 10.4 Å². The van der Waals surface area contributed by atoms with Gasteiger partial charge in [0, 0.05) is 30.0 Å². The van der Waals surface area contributed by atoms with Crippen molar-refractivity contribution < 1.29 is 13.9 Å². The topological polar surface area (TPSA) is 106 Å². The van der Waals surface area contributed by atoms with Gasteiger partial charge in [0.15, 0.2) is 0 Å². The third-order valence-corrected chi connectivity index (χ3v) is 5.24. The highest BCUT2D eigenvalue weighted by molar-refractivity contribution is 6.31. The van der Waals surface area contributed by atoms with Gasteiger partial charge in [-0.15, -0.1) is 0 Å². The number of carbonyl (C=O) groups excluding carboxylic acids is 1. The summed E-state index contributed by atoms with van der Waals surface area (Å²) in [6, 6.07) is 3.06. The molecule has 1 unspecified atom stereocenters. The van der Waals surface area contributed by atoms with Crippen LogP contribution in [-0.2, 0) is 4.79 Å². The van der Waals surface area contributed by atoms with E-state index in [-0.39, 0.29) is 34.6 Å². The number of nitrogens with two attached hydrogens (primary N) is 1. The molecule has 1 saturated heterocycles. The van der Waals surface area contributed by atoms with E-state index in [1.165, 1.54) is 10.7 Å². The maximum Gasteiger partial charge on any atom is 0.220 e. The van der Waals surface area contributed by atoms with Gasteiger partial charge in [-0.3, -0.25) is 4.79 Å². The third-order valence-electron chi connectivity index (χ3n) is 4.96. The summed E-state index contributed by atoms with van der Waals surface area (Å²) >= 11 is 6.19. The fourth-order valence-corrected chi connectivity index (χ4v) is 3.79. The first kappa shape index (κ1) is 20.0. The quantitative estimate of drug-likeness (QED) is 0.795. The maximum atomic E-state index is 15.0. The van der Waals surface area contributed by atoms with Crippen LogP contribution in [0.5, 0.6) is 5.75 Å². The van der Waals surface area contributed by atoms with Gasteiger partial charge in [-0.1, -0.05) is 11.6 Å². The first-order chi connectivity index (χ1) is 13.3. The van der Waals surface area contributed by atoms with Crippen LogP contribution >= 0.6 is 11.6 Å². The van der Waals surface area contributed by atoms with E-state index in [1.807, 2.05) is 13.0 Å². The maximum absolute atomic E-state index is 15.0. The predicted octanol–water partition coefficient (Wildman–Crippen LogP) is 3.05. The number of hydrogen-bond donors (Lipinski definition) is 2. The molecule has 2 aromatic rings. The average Bonchev–Trinajstić information content (AvgIpc) is 3.20. The number of ether oxygens (including phenoxy) is 1.